The van der Waals surface area contributed by atoms with Crippen LogP contribution in [0.25, 0.3) is 23.0 Å². The first kappa shape index (κ1) is 20.5. The van der Waals surface area contributed by atoms with Crippen LogP contribution in [-0.2, 0) is 9.59 Å². The van der Waals surface area contributed by atoms with Gasteiger partial charge in [0.1, 0.15) is 4.32 Å². The molecule has 0 atom stereocenters. The Morgan fingerprint density at radius 2 is 1.87 bits per heavy atom. The van der Waals surface area contributed by atoms with Gasteiger partial charge in [-0.2, -0.15) is 5.10 Å². The number of para-hydroxylation sites is 1. The molecule has 1 aliphatic heterocycles. The van der Waals surface area contributed by atoms with Gasteiger partial charge >= 0.3 is 0 Å². The lowest BCUT2D eigenvalue weighted by Gasteiger charge is -2.14. The fourth-order valence-corrected chi connectivity index (χ4v) is 4.45. The van der Waals surface area contributed by atoms with Crippen molar-refractivity contribution in [3.05, 3.63) is 75.7 Å². The maximum atomic E-state index is 12.6. The number of halogens is 1. The molecule has 1 saturated heterocycles. The fourth-order valence-electron chi connectivity index (χ4n) is 2.94. The van der Waals surface area contributed by atoms with Gasteiger partial charge in [-0.1, -0.05) is 70.2 Å². The highest BCUT2D eigenvalue weighted by Crippen LogP contribution is 2.34. The monoisotopic (exact) mass is 498 g/mol. The minimum absolute atomic E-state index is 0.191. The first-order chi connectivity index (χ1) is 14.4. The number of carboxylic acids is 1. The van der Waals surface area contributed by atoms with Crippen LogP contribution in [0.4, 0.5) is 0 Å². The van der Waals surface area contributed by atoms with E-state index in [9.17, 15) is 14.7 Å². The Morgan fingerprint density at radius 3 is 2.53 bits per heavy atom. The number of aromatic nitrogens is 2. The number of hydrogen-bond acceptors (Lipinski definition) is 6. The summed E-state index contributed by atoms with van der Waals surface area (Å²) in [5.41, 5.74) is 3.16. The molecule has 30 heavy (non-hydrogen) atoms. The molecule has 0 bridgehead atoms. The number of benzene rings is 2. The second-order valence-electron chi connectivity index (χ2n) is 6.36. The highest BCUT2D eigenvalue weighted by Gasteiger charge is 2.32. The van der Waals surface area contributed by atoms with Crippen molar-refractivity contribution in [3.63, 3.8) is 0 Å². The highest BCUT2D eigenvalue weighted by molar-refractivity contribution is 9.10. The third-order valence-corrected chi connectivity index (χ3v) is 6.23. The maximum absolute atomic E-state index is 12.6. The molecule has 3 aromatic rings. The van der Waals surface area contributed by atoms with Crippen LogP contribution >= 0.6 is 39.9 Å². The zero-order valence-corrected chi connectivity index (χ0v) is 18.5. The lowest BCUT2D eigenvalue weighted by Crippen LogP contribution is -2.40. The first-order valence-electron chi connectivity index (χ1n) is 8.78. The average molecular weight is 499 g/mol. The lowest BCUT2D eigenvalue weighted by atomic mass is 10.1. The fraction of sp³-hybridized carbons (Fsp3) is 0.0476. The van der Waals surface area contributed by atoms with Crippen molar-refractivity contribution in [1.29, 1.82) is 0 Å². The van der Waals surface area contributed by atoms with E-state index in [4.69, 9.17) is 17.3 Å². The normalized spacial score (nSPS) is 15.2. The molecule has 0 aliphatic carbocycles. The van der Waals surface area contributed by atoms with Crippen LogP contribution in [0, 0.1) is 0 Å². The average Bonchev–Trinajstić information content (AvgIpc) is 3.26. The Bertz CT molecular complexity index is 1170. The van der Waals surface area contributed by atoms with E-state index in [-0.39, 0.29) is 4.32 Å². The summed E-state index contributed by atoms with van der Waals surface area (Å²) in [6, 6.07) is 17.3. The molecule has 0 N–H and O–H groups in total. The van der Waals surface area contributed by atoms with Gasteiger partial charge in [-0.3, -0.25) is 9.69 Å². The molecule has 1 aliphatic rings. The summed E-state index contributed by atoms with van der Waals surface area (Å²) in [5, 5.41) is 15.6. The number of thiocarbonyl (C=S) groups is 1. The number of nitrogens with zero attached hydrogens (tertiary/aromatic N) is 3. The Labute approximate surface area is 190 Å². The summed E-state index contributed by atoms with van der Waals surface area (Å²) in [5.74, 6) is -1.82. The van der Waals surface area contributed by atoms with Gasteiger partial charge in [0.2, 0.25) is 0 Å². The number of carbonyl (C=O) groups is 2. The predicted octanol–water partition coefficient (Wildman–Crippen LogP) is 3.25. The number of rotatable bonds is 5. The van der Waals surface area contributed by atoms with Crippen LogP contribution in [0.5, 0.6) is 0 Å². The van der Waals surface area contributed by atoms with E-state index in [0.717, 1.165) is 37.9 Å². The first-order valence-corrected chi connectivity index (χ1v) is 10.8. The van der Waals surface area contributed by atoms with Crippen LogP contribution in [0.2, 0.25) is 0 Å². The van der Waals surface area contributed by atoms with Crippen molar-refractivity contribution in [2.45, 2.75) is 0 Å². The Kier molecular flexibility index (Phi) is 5.85. The molecule has 0 unspecified atom stereocenters. The van der Waals surface area contributed by atoms with Crippen LogP contribution < -0.4 is 5.11 Å². The summed E-state index contributed by atoms with van der Waals surface area (Å²) < 4.78 is 2.88. The van der Waals surface area contributed by atoms with Gasteiger partial charge in [-0.25, -0.2) is 4.68 Å². The van der Waals surface area contributed by atoms with E-state index >= 15 is 0 Å². The van der Waals surface area contributed by atoms with Crippen LogP contribution in [0.3, 0.4) is 0 Å². The minimum atomic E-state index is -1.36. The zero-order chi connectivity index (χ0) is 21.3. The van der Waals surface area contributed by atoms with Gasteiger partial charge < -0.3 is 9.90 Å². The van der Waals surface area contributed by atoms with Gasteiger partial charge in [-0.15, -0.1) is 0 Å². The van der Waals surface area contributed by atoms with Gasteiger partial charge in [0.15, 0.2) is 0 Å². The van der Waals surface area contributed by atoms with Crippen LogP contribution in [0.1, 0.15) is 5.56 Å². The molecule has 0 spiro atoms. The zero-order valence-electron chi connectivity index (χ0n) is 15.3. The van der Waals surface area contributed by atoms with Crippen LogP contribution in [-0.4, -0.2) is 37.4 Å². The summed E-state index contributed by atoms with van der Waals surface area (Å²) in [4.78, 5) is 24.9. The third kappa shape index (κ3) is 4.23. The molecular formula is C21H13BrN3O3S2-. The Hall–Kier alpha value is -2.75. The minimum Gasteiger partial charge on any atom is -0.548 e. The maximum Gasteiger partial charge on any atom is 0.266 e. The molecule has 2 heterocycles. The summed E-state index contributed by atoms with van der Waals surface area (Å²) in [6.45, 7) is -0.565. The Morgan fingerprint density at radius 1 is 1.17 bits per heavy atom. The molecule has 1 aromatic heterocycles. The van der Waals surface area contributed by atoms with Gasteiger partial charge in [0.05, 0.1) is 28.8 Å². The van der Waals surface area contributed by atoms with Crippen LogP contribution in [0.15, 0.2) is 70.2 Å². The molecule has 2 aromatic carbocycles. The van der Waals surface area contributed by atoms with E-state index in [1.54, 1.807) is 10.8 Å². The third-order valence-electron chi connectivity index (χ3n) is 4.33. The number of hydrogen-bond donors (Lipinski definition) is 0. The summed E-state index contributed by atoms with van der Waals surface area (Å²) in [7, 11) is 0. The SMILES string of the molecule is O=C([O-])CN1C(=O)C(=Cc2cn(-c3ccccc3)nc2-c2ccc(Br)cc2)SC1=S. The van der Waals surface area contributed by atoms with Crippen molar-refractivity contribution in [1.82, 2.24) is 14.7 Å². The second-order valence-corrected chi connectivity index (χ2v) is 8.95. The number of amides is 1. The Balaban J connectivity index is 1.78. The van der Waals surface area contributed by atoms with E-state index in [2.05, 4.69) is 15.9 Å². The number of carboxylic acid groups (broad SMARTS) is 1. The molecule has 1 amide bonds. The summed E-state index contributed by atoms with van der Waals surface area (Å²) >= 11 is 9.66. The van der Waals surface area contributed by atoms with Crippen molar-refractivity contribution in [3.8, 4) is 16.9 Å². The molecule has 0 radical (unpaired) electrons. The molecular weight excluding hydrogens is 486 g/mol. The van der Waals surface area contributed by atoms with E-state index in [1.807, 2.05) is 60.8 Å². The largest absolute Gasteiger partial charge is 0.548 e. The van der Waals surface area contributed by atoms with Crippen molar-refractivity contribution in [2.75, 3.05) is 6.54 Å². The number of carbonyl (C=O) groups excluding carboxylic acids is 2. The van der Waals surface area contributed by atoms with Gasteiger partial charge in [0.25, 0.3) is 5.91 Å². The second kappa shape index (κ2) is 8.55. The van der Waals surface area contributed by atoms with Crippen molar-refractivity contribution in [2.24, 2.45) is 0 Å². The topological polar surface area (TPSA) is 78.3 Å². The van der Waals surface area contributed by atoms with E-state index < -0.39 is 18.4 Å². The quantitative estimate of drug-likeness (QED) is 0.396. The molecule has 1 fully saturated rings. The van der Waals surface area contributed by atoms with Gasteiger partial charge in [0, 0.05) is 21.8 Å². The smallest absolute Gasteiger partial charge is 0.266 e. The van der Waals surface area contributed by atoms with E-state index in [0.29, 0.717) is 10.6 Å². The molecule has 0 saturated carbocycles. The molecule has 9 heteroatoms. The van der Waals surface area contributed by atoms with Gasteiger partial charge in [-0.05, 0) is 30.3 Å². The molecule has 4 rings (SSSR count). The van der Waals surface area contributed by atoms with Crippen molar-refractivity contribution < 1.29 is 14.7 Å². The summed E-state index contributed by atoms with van der Waals surface area (Å²) in [6.07, 6.45) is 3.52. The number of aliphatic carboxylic acids is 1. The molecule has 150 valence electrons. The predicted molar refractivity (Wildman–Crippen MR) is 122 cm³/mol. The van der Waals surface area contributed by atoms with E-state index in [1.165, 1.54) is 0 Å². The lowest BCUT2D eigenvalue weighted by molar-refractivity contribution is -0.305. The molecule has 6 nitrogen and oxygen atoms in total. The number of thioether (sulfide) groups is 1. The van der Waals surface area contributed by atoms with Crippen molar-refractivity contribution >= 4 is 62.2 Å². The standard InChI is InChI=1S/C21H14BrN3O3S2/c22-15-8-6-13(7-9-15)19-14(11-25(23-19)16-4-2-1-3-5-16)10-17-20(28)24(12-18(26)27)21(29)30-17/h1-11H,12H2,(H,26,27)/p-1. The highest BCUT2D eigenvalue weighted by atomic mass is 79.9.